The number of hydrogen-bond acceptors (Lipinski definition) is 5. The summed E-state index contributed by atoms with van der Waals surface area (Å²) in [5.41, 5.74) is 2.13. The Morgan fingerprint density at radius 2 is 1.86 bits per heavy atom. The fraction of sp³-hybridized carbons (Fsp3) is 0.115. The molecule has 0 aliphatic carbocycles. The van der Waals surface area contributed by atoms with Gasteiger partial charge in [-0.1, -0.05) is 29.3 Å². The number of halogens is 4. The van der Waals surface area contributed by atoms with E-state index in [0.717, 1.165) is 9.13 Å². The van der Waals surface area contributed by atoms with E-state index in [1.165, 1.54) is 6.08 Å². The van der Waals surface area contributed by atoms with Gasteiger partial charge in [-0.25, -0.2) is 4.79 Å². The van der Waals surface area contributed by atoms with Gasteiger partial charge in [-0.3, -0.25) is 4.79 Å². The van der Waals surface area contributed by atoms with Gasteiger partial charge in [-0.05, 0) is 106 Å². The topological polar surface area (TPSA) is 88.4 Å². The minimum absolute atomic E-state index is 0.0891. The number of anilines is 1. The summed E-state index contributed by atoms with van der Waals surface area (Å²) < 4.78 is 12.3. The monoisotopic (exact) mass is 698 g/mol. The van der Waals surface area contributed by atoms with Crippen LogP contribution in [-0.2, 0) is 16.1 Å². The number of ether oxygens (including phenoxy) is 2. The summed E-state index contributed by atoms with van der Waals surface area (Å²) in [7, 11) is 0. The first kappa shape index (κ1) is 28.0. The Labute approximate surface area is 240 Å². The molecular weight excluding hydrogens is 682 g/mol. The molecule has 0 heterocycles. The van der Waals surface area contributed by atoms with Crippen LogP contribution in [-0.4, -0.2) is 18.5 Å². The number of hydrogen-bond donors (Lipinski definition) is 1. The molecule has 3 aromatic carbocycles. The van der Waals surface area contributed by atoms with Gasteiger partial charge in [0.05, 0.1) is 20.2 Å². The fourth-order valence-electron chi connectivity index (χ4n) is 3.01. The van der Waals surface area contributed by atoms with Crippen LogP contribution in [0.25, 0.3) is 6.08 Å². The van der Waals surface area contributed by atoms with Crippen molar-refractivity contribution in [2.24, 2.45) is 0 Å². The lowest BCUT2D eigenvalue weighted by atomic mass is 10.1. The second-order valence-corrected chi connectivity index (χ2v) is 10.1. The predicted molar refractivity (Wildman–Crippen MR) is 152 cm³/mol. The molecule has 36 heavy (non-hydrogen) atoms. The van der Waals surface area contributed by atoms with E-state index < -0.39 is 11.9 Å². The first-order valence-corrected chi connectivity index (χ1v) is 13.1. The second kappa shape index (κ2) is 13.1. The van der Waals surface area contributed by atoms with Crippen LogP contribution in [0, 0.1) is 14.9 Å². The lowest BCUT2D eigenvalue weighted by Crippen LogP contribution is -2.13. The molecule has 0 radical (unpaired) electrons. The summed E-state index contributed by atoms with van der Waals surface area (Å²) in [6.45, 7) is 2.23. The van der Waals surface area contributed by atoms with Crippen molar-refractivity contribution < 1.29 is 19.1 Å². The molecule has 0 spiro atoms. The minimum Gasteiger partial charge on any atom is -0.487 e. The van der Waals surface area contributed by atoms with E-state index in [2.05, 4.69) is 43.8 Å². The Kier molecular flexibility index (Phi) is 10.2. The minimum atomic E-state index is -0.578. The van der Waals surface area contributed by atoms with Crippen molar-refractivity contribution in [1.82, 2.24) is 0 Å². The maximum absolute atomic E-state index is 12.7. The highest BCUT2D eigenvalue weighted by atomic mass is 127. The summed E-state index contributed by atoms with van der Waals surface area (Å²) in [5, 5.41) is 13.3. The van der Waals surface area contributed by atoms with E-state index in [1.807, 2.05) is 6.07 Å². The molecule has 0 atom stereocenters. The first-order valence-electron chi connectivity index (χ1n) is 10.5. The summed E-state index contributed by atoms with van der Waals surface area (Å²) in [6.07, 6.45) is 1.48. The number of amides is 1. The Hall–Kier alpha value is -2.58. The Morgan fingerprint density at radius 3 is 2.47 bits per heavy atom. The summed E-state index contributed by atoms with van der Waals surface area (Å²) in [5.74, 6) is -0.425. The molecule has 0 unspecified atom stereocenters. The highest BCUT2D eigenvalue weighted by molar-refractivity contribution is 14.1. The van der Waals surface area contributed by atoms with Gasteiger partial charge in [0.2, 0.25) is 0 Å². The lowest BCUT2D eigenvalue weighted by Gasteiger charge is -2.13. The van der Waals surface area contributed by atoms with Crippen LogP contribution in [0.1, 0.15) is 28.4 Å². The van der Waals surface area contributed by atoms with Crippen LogP contribution in [0.5, 0.6) is 5.75 Å². The van der Waals surface area contributed by atoms with E-state index in [4.69, 9.17) is 32.7 Å². The number of nitriles is 1. The zero-order valence-electron chi connectivity index (χ0n) is 18.8. The highest BCUT2D eigenvalue weighted by Crippen LogP contribution is 2.34. The van der Waals surface area contributed by atoms with Crippen LogP contribution in [0.4, 0.5) is 5.69 Å². The second-order valence-electron chi connectivity index (χ2n) is 7.26. The molecule has 1 N–H and O–H groups in total. The molecule has 0 saturated heterocycles. The van der Waals surface area contributed by atoms with Crippen molar-refractivity contribution in [2.45, 2.75) is 13.5 Å². The van der Waals surface area contributed by atoms with Crippen molar-refractivity contribution in [2.75, 3.05) is 11.9 Å². The number of benzene rings is 3. The quantitative estimate of drug-likeness (QED) is 0.113. The molecule has 0 saturated carbocycles. The van der Waals surface area contributed by atoms with Crippen molar-refractivity contribution in [3.05, 3.63) is 94.9 Å². The molecule has 1 amide bonds. The molecular formula is C26H18BrCl2IN2O4. The number of carbonyl (C=O) groups is 2. The van der Waals surface area contributed by atoms with Gasteiger partial charge >= 0.3 is 5.97 Å². The van der Waals surface area contributed by atoms with E-state index in [0.29, 0.717) is 37.1 Å². The largest absolute Gasteiger partial charge is 0.487 e. The highest BCUT2D eigenvalue weighted by Gasteiger charge is 2.14. The molecule has 10 heteroatoms. The van der Waals surface area contributed by atoms with Gasteiger partial charge in [0.1, 0.15) is 24.0 Å². The fourth-order valence-corrected chi connectivity index (χ4v) is 5.24. The Morgan fingerprint density at radius 1 is 1.14 bits per heavy atom. The average Bonchev–Trinajstić information content (AvgIpc) is 2.83. The summed E-state index contributed by atoms with van der Waals surface area (Å²) in [6, 6.07) is 16.9. The molecule has 184 valence electrons. The molecule has 0 aliphatic rings. The average molecular weight is 700 g/mol. The van der Waals surface area contributed by atoms with Crippen molar-refractivity contribution in [3.63, 3.8) is 0 Å². The van der Waals surface area contributed by atoms with Crippen LogP contribution in [0.2, 0.25) is 10.0 Å². The number of carbonyl (C=O) groups excluding carboxylic acids is 2. The van der Waals surface area contributed by atoms with Gasteiger partial charge in [0, 0.05) is 21.3 Å². The van der Waals surface area contributed by atoms with Gasteiger partial charge in [0.25, 0.3) is 5.91 Å². The maximum atomic E-state index is 12.7. The third-order valence-electron chi connectivity index (χ3n) is 4.74. The lowest BCUT2D eigenvalue weighted by molar-refractivity contribution is -0.112. The van der Waals surface area contributed by atoms with E-state index in [1.54, 1.807) is 61.5 Å². The SMILES string of the molecule is CCOC(=O)c1ccc(NC(=O)/C(C#N)=C/c2cc(Br)c(OCc3ccc(Cl)cc3Cl)c(I)c2)cc1. The van der Waals surface area contributed by atoms with Crippen LogP contribution >= 0.6 is 61.7 Å². The number of esters is 1. The van der Waals surface area contributed by atoms with Gasteiger partial charge < -0.3 is 14.8 Å². The van der Waals surface area contributed by atoms with E-state index in [9.17, 15) is 14.9 Å². The van der Waals surface area contributed by atoms with Crippen LogP contribution in [0.3, 0.4) is 0 Å². The van der Waals surface area contributed by atoms with Gasteiger partial charge in [0.15, 0.2) is 0 Å². The third-order valence-corrected chi connectivity index (χ3v) is 6.71. The molecule has 6 nitrogen and oxygen atoms in total. The normalized spacial score (nSPS) is 10.9. The Bertz CT molecular complexity index is 1350. The van der Waals surface area contributed by atoms with Crippen molar-refractivity contribution in [1.29, 1.82) is 5.26 Å². The molecule has 3 rings (SSSR count). The van der Waals surface area contributed by atoms with Gasteiger partial charge in [-0.2, -0.15) is 5.26 Å². The standard InChI is InChI=1S/C26H18BrCl2IN2O4/c1-2-35-26(34)16-4-7-20(8-5-16)32-25(33)18(13-31)9-15-10-21(27)24(23(30)11-15)36-14-17-3-6-19(28)12-22(17)29/h3-12H,2,14H2,1H3,(H,32,33)/b18-9+. The molecule has 0 bridgehead atoms. The smallest absolute Gasteiger partial charge is 0.338 e. The first-order chi connectivity index (χ1) is 17.2. The number of nitrogens with one attached hydrogen (secondary N) is 1. The maximum Gasteiger partial charge on any atom is 0.338 e. The third kappa shape index (κ3) is 7.46. The zero-order chi connectivity index (χ0) is 26.2. The molecule has 0 fully saturated rings. The zero-order valence-corrected chi connectivity index (χ0v) is 24.0. The van der Waals surface area contributed by atoms with Crippen molar-refractivity contribution in [3.8, 4) is 11.8 Å². The summed E-state index contributed by atoms with van der Waals surface area (Å²) >= 11 is 17.8. The summed E-state index contributed by atoms with van der Waals surface area (Å²) in [4.78, 5) is 24.4. The van der Waals surface area contributed by atoms with Crippen LogP contribution in [0.15, 0.2) is 64.6 Å². The Balaban J connectivity index is 1.73. The molecule has 0 aliphatic heterocycles. The van der Waals surface area contributed by atoms with Crippen molar-refractivity contribution >= 4 is 85.4 Å². The number of nitrogens with zero attached hydrogens (tertiary/aromatic N) is 1. The van der Waals surface area contributed by atoms with E-state index >= 15 is 0 Å². The van der Waals surface area contributed by atoms with Crippen LogP contribution < -0.4 is 10.1 Å². The predicted octanol–water partition coefficient (Wildman–Crippen LogP) is 7.66. The molecule has 3 aromatic rings. The number of rotatable bonds is 8. The van der Waals surface area contributed by atoms with E-state index in [-0.39, 0.29) is 18.8 Å². The van der Waals surface area contributed by atoms with Gasteiger partial charge in [-0.15, -0.1) is 0 Å². The molecule has 0 aromatic heterocycles.